The molecule has 0 saturated heterocycles. The summed E-state index contributed by atoms with van der Waals surface area (Å²) in [6.45, 7) is 12.3. The van der Waals surface area contributed by atoms with E-state index in [1.807, 2.05) is 12.2 Å². The Hall–Kier alpha value is -1.30. The van der Waals surface area contributed by atoms with Gasteiger partial charge in [0, 0.05) is 0 Å². The minimum Gasteiger partial charge on any atom is -0.0991 e. The lowest BCUT2D eigenvalue weighted by atomic mass is 9.90. The third kappa shape index (κ3) is 4.06. The molecule has 0 saturated carbocycles. The summed E-state index contributed by atoms with van der Waals surface area (Å²) in [5.41, 5.74) is 4.03. The Morgan fingerprint density at radius 1 is 1.38 bits per heavy atom. The van der Waals surface area contributed by atoms with Crippen LogP contribution in [0.1, 0.15) is 33.1 Å². The molecule has 0 aliphatic heterocycles. The van der Waals surface area contributed by atoms with Crippen molar-refractivity contribution in [2.24, 2.45) is 5.92 Å². The van der Waals surface area contributed by atoms with Crippen LogP contribution in [-0.4, -0.2) is 0 Å². The molecule has 0 aromatic heterocycles. The summed E-state index contributed by atoms with van der Waals surface area (Å²) in [6, 6.07) is 0. The molecule has 0 N–H and O–H groups in total. The zero-order chi connectivity index (χ0) is 12.0. The van der Waals surface area contributed by atoms with E-state index in [1.54, 1.807) is 11.6 Å². The van der Waals surface area contributed by atoms with E-state index in [4.69, 9.17) is 0 Å². The Morgan fingerprint density at radius 3 is 2.62 bits per heavy atom. The Balaban J connectivity index is 2.63. The molecule has 0 amide bonds. The van der Waals surface area contributed by atoms with Gasteiger partial charge in [0.15, 0.2) is 0 Å². The third-order valence-corrected chi connectivity index (χ3v) is 2.75. The van der Waals surface area contributed by atoms with Gasteiger partial charge in [-0.15, -0.1) is 0 Å². The molecule has 0 aromatic rings. The Bertz CT molecular complexity index is 348. The van der Waals surface area contributed by atoms with Crippen LogP contribution in [0.15, 0.2) is 60.3 Å². The van der Waals surface area contributed by atoms with Gasteiger partial charge in [0.05, 0.1) is 0 Å². The van der Waals surface area contributed by atoms with Gasteiger partial charge >= 0.3 is 0 Å². The van der Waals surface area contributed by atoms with Crippen LogP contribution in [0.5, 0.6) is 0 Å². The molecule has 0 atom stereocenters. The lowest BCUT2D eigenvalue weighted by molar-refractivity contribution is 0.621. The van der Waals surface area contributed by atoms with Crippen LogP contribution in [0, 0.1) is 5.92 Å². The number of rotatable bonds is 5. The molecule has 0 aromatic carbocycles. The van der Waals surface area contributed by atoms with Crippen molar-refractivity contribution >= 4 is 0 Å². The van der Waals surface area contributed by atoms with Gasteiger partial charge in [0.25, 0.3) is 0 Å². The second-order valence-electron chi connectivity index (χ2n) is 4.73. The normalized spacial score (nSPS) is 16.2. The minimum absolute atomic E-state index is 0.755. The molecule has 0 fully saturated rings. The number of hydrogen-bond donors (Lipinski definition) is 0. The Morgan fingerprint density at radius 2 is 2.12 bits per heavy atom. The van der Waals surface area contributed by atoms with E-state index in [0.29, 0.717) is 0 Å². The second kappa shape index (κ2) is 6.32. The van der Waals surface area contributed by atoms with Gasteiger partial charge in [-0.25, -0.2) is 0 Å². The zero-order valence-electron chi connectivity index (χ0n) is 10.5. The first-order valence-electron chi connectivity index (χ1n) is 6.00. The third-order valence-electron chi connectivity index (χ3n) is 2.75. The predicted octanol–water partition coefficient (Wildman–Crippen LogP) is 4.98. The van der Waals surface area contributed by atoms with E-state index >= 15 is 0 Å². The maximum absolute atomic E-state index is 4.07. The van der Waals surface area contributed by atoms with Gasteiger partial charge < -0.3 is 0 Å². The van der Waals surface area contributed by atoms with Gasteiger partial charge in [0.1, 0.15) is 0 Å². The van der Waals surface area contributed by atoms with Crippen molar-refractivity contribution in [1.82, 2.24) is 0 Å². The average molecular weight is 214 g/mol. The quantitative estimate of drug-likeness (QED) is 0.566. The van der Waals surface area contributed by atoms with Gasteiger partial charge in [-0.1, -0.05) is 63.0 Å². The molecular weight excluding hydrogens is 192 g/mol. The van der Waals surface area contributed by atoms with Crippen molar-refractivity contribution in [3.05, 3.63) is 60.3 Å². The van der Waals surface area contributed by atoms with Crippen LogP contribution in [0.3, 0.4) is 0 Å². The first kappa shape index (κ1) is 12.8. The summed E-state index contributed by atoms with van der Waals surface area (Å²) in [7, 11) is 0. The van der Waals surface area contributed by atoms with Crippen LogP contribution in [0.4, 0.5) is 0 Å². The summed E-state index contributed by atoms with van der Waals surface area (Å²) in [4.78, 5) is 0. The monoisotopic (exact) mass is 214 g/mol. The van der Waals surface area contributed by atoms with Crippen molar-refractivity contribution in [3.63, 3.8) is 0 Å². The van der Waals surface area contributed by atoms with Crippen LogP contribution >= 0.6 is 0 Å². The van der Waals surface area contributed by atoms with Gasteiger partial charge in [-0.05, 0) is 36.3 Å². The highest BCUT2D eigenvalue weighted by Crippen LogP contribution is 2.27. The molecule has 16 heavy (non-hydrogen) atoms. The van der Waals surface area contributed by atoms with Gasteiger partial charge in [-0.3, -0.25) is 0 Å². The van der Waals surface area contributed by atoms with E-state index in [-0.39, 0.29) is 0 Å². The van der Waals surface area contributed by atoms with Crippen molar-refractivity contribution < 1.29 is 0 Å². The smallest absolute Gasteiger partial charge is 0.0236 e. The summed E-state index contributed by atoms with van der Waals surface area (Å²) < 4.78 is 0. The molecule has 1 rings (SSSR count). The lowest BCUT2D eigenvalue weighted by Crippen LogP contribution is -1.98. The highest BCUT2D eigenvalue weighted by Gasteiger charge is 2.08. The van der Waals surface area contributed by atoms with Crippen LogP contribution in [0.2, 0.25) is 0 Å². The molecule has 0 bridgehead atoms. The van der Waals surface area contributed by atoms with E-state index in [1.165, 1.54) is 18.4 Å². The van der Waals surface area contributed by atoms with Crippen molar-refractivity contribution in [3.8, 4) is 0 Å². The van der Waals surface area contributed by atoms with Crippen LogP contribution < -0.4 is 0 Å². The molecule has 0 heterocycles. The molecule has 0 heteroatoms. The highest BCUT2D eigenvalue weighted by molar-refractivity contribution is 5.43. The van der Waals surface area contributed by atoms with Crippen molar-refractivity contribution in [2.75, 3.05) is 0 Å². The average Bonchev–Trinajstić information content (AvgIpc) is 2.26. The molecular formula is C16H22. The fourth-order valence-corrected chi connectivity index (χ4v) is 1.93. The molecule has 86 valence electrons. The molecule has 0 radical (unpaired) electrons. The maximum atomic E-state index is 4.07. The Kier molecular flexibility index (Phi) is 5.04. The minimum atomic E-state index is 0.755. The van der Waals surface area contributed by atoms with E-state index in [0.717, 1.165) is 17.9 Å². The first-order valence-corrected chi connectivity index (χ1v) is 6.00. The summed E-state index contributed by atoms with van der Waals surface area (Å²) in [5, 5.41) is 0. The van der Waals surface area contributed by atoms with Crippen molar-refractivity contribution in [2.45, 2.75) is 33.1 Å². The maximum Gasteiger partial charge on any atom is -0.0236 e. The van der Waals surface area contributed by atoms with Gasteiger partial charge in [0.2, 0.25) is 0 Å². The lowest BCUT2D eigenvalue weighted by Gasteiger charge is -2.16. The molecule has 0 unspecified atom stereocenters. The molecule has 1 aliphatic carbocycles. The zero-order valence-corrected chi connectivity index (χ0v) is 10.5. The fraction of sp³-hybridized carbons (Fsp3) is 0.375. The first-order chi connectivity index (χ1) is 7.63. The highest BCUT2D eigenvalue weighted by atomic mass is 14.1. The Labute approximate surface area is 99.8 Å². The number of allylic oxidation sites excluding steroid dienone is 8. The SMILES string of the molecule is C=C/C=C\C(=C)C1=CC=C(CC(C)C)CC1. The number of hydrogen-bond acceptors (Lipinski definition) is 0. The molecule has 1 aliphatic rings. The summed E-state index contributed by atoms with van der Waals surface area (Å²) in [5.74, 6) is 0.755. The molecule has 0 nitrogen and oxygen atoms in total. The summed E-state index contributed by atoms with van der Waals surface area (Å²) in [6.07, 6.45) is 13.8. The van der Waals surface area contributed by atoms with E-state index < -0.39 is 0 Å². The van der Waals surface area contributed by atoms with Gasteiger partial charge in [-0.2, -0.15) is 0 Å². The fourth-order valence-electron chi connectivity index (χ4n) is 1.93. The van der Waals surface area contributed by atoms with Crippen LogP contribution in [0.25, 0.3) is 0 Å². The van der Waals surface area contributed by atoms with Crippen LogP contribution in [-0.2, 0) is 0 Å². The van der Waals surface area contributed by atoms with E-state index in [9.17, 15) is 0 Å². The largest absolute Gasteiger partial charge is 0.0991 e. The van der Waals surface area contributed by atoms with Crippen molar-refractivity contribution in [1.29, 1.82) is 0 Å². The standard InChI is InChI=1S/C16H22/c1-5-6-7-14(4)16-10-8-15(9-11-16)12-13(2)3/h5-8,10,13H,1,4,9,11-12H2,2-3H3/b7-6-. The topological polar surface area (TPSA) is 0 Å². The van der Waals surface area contributed by atoms with E-state index in [2.05, 4.69) is 39.2 Å². The second-order valence-corrected chi connectivity index (χ2v) is 4.73. The summed E-state index contributed by atoms with van der Waals surface area (Å²) >= 11 is 0. The predicted molar refractivity (Wildman–Crippen MR) is 73.3 cm³/mol. The molecule has 0 spiro atoms.